The average molecular weight is 362 g/mol. The topological polar surface area (TPSA) is 52.6 Å². The van der Waals surface area contributed by atoms with Gasteiger partial charge in [0.05, 0.1) is 38.2 Å². The highest BCUT2D eigenvalue weighted by molar-refractivity contribution is 6.02. The van der Waals surface area contributed by atoms with Gasteiger partial charge in [-0.15, -0.1) is 0 Å². The number of aromatic nitrogens is 1. The monoisotopic (exact) mass is 362 g/mol. The molecule has 2 aromatic carbocycles. The molecule has 0 atom stereocenters. The lowest BCUT2D eigenvalue weighted by Crippen LogP contribution is -2.18. The van der Waals surface area contributed by atoms with Gasteiger partial charge in [0.2, 0.25) is 0 Å². The molecule has 0 radical (unpaired) electrons. The number of ether oxygens (including phenoxy) is 3. The molecular weight excluding hydrogens is 340 g/mol. The fourth-order valence-electron chi connectivity index (χ4n) is 4.49. The van der Waals surface area contributed by atoms with E-state index in [4.69, 9.17) is 19.2 Å². The Labute approximate surface area is 158 Å². The lowest BCUT2D eigenvalue weighted by atomic mass is 9.83. The van der Waals surface area contributed by atoms with Gasteiger partial charge in [0, 0.05) is 23.6 Å². The summed E-state index contributed by atoms with van der Waals surface area (Å²) < 4.78 is 16.7. The number of fused-ring (bicyclic) bond motifs is 4. The lowest BCUT2D eigenvalue weighted by Gasteiger charge is -2.28. The van der Waals surface area contributed by atoms with Crippen LogP contribution in [0, 0.1) is 0 Å². The van der Waals surface area contributed by atoms with E-state index in [1.165, 1.54) is 27.6 Å². The first-order valence-electron chi connectivity index (χ1n) is 9.26. The summed E-state index contributed by atoms with van der Waals surface area (Å²) in [7, 11) is 5.06. The van der Waals surface area contributed by atoms with Crippen molar-refractivity contribution in [3.8, 4) is 28.5 Å². The number of hydrogen-bond acceptors (Lipinski definition) is 5. The maximum absolute atomic E-state index is 5.65. The van der Waals surface area contributed by atoms with E-state index in [9.17, 15) is 0 Å². The highest BCUT2D eigenvalue weighted by Gasteiger charge is 2.28. The Morgan fingerprint density at radius 3 is 2.59 bits per heavy atom. The molecule has 2 heterocycles. The molecule has 0 spiro atoms. The number of pyridine rings is 1. The number of nitrogens with zero attached hydrogens (tertiary/aromatic N) is 1. The van der Waals surface area contributed by atoms with Gasteiger partial charge < -0.3 is 19.5 Å². The number of benzene rings is 2. The standard InChI is InChI=1S/C22H22N2O3/c1-25-13-6-4-12-5-7-15-14-8-9-23-21-19(14)17(24-20(15)16(12)10-13)11-18(26-2)22(21)27-3/h4,6,10-11,23H,5,7-9H2,1-3H3. The van der Waals surface area contributed by atoms with Crippen LogP contribution in [0.15, 0.2) is 24.3 Å². The third-order valence-electron chi connectivity index (χ3n) is 5.73. The first-order valence-corrected chi connectivity index (χ1v) is 9.26. The molecule has 5 heteroatoms. The highest BCUT2D eigenvalue weighted by atomic mass is 16.5. The summed E-state index contributed by atoms with van der Waals surface area (Å²) >= 11 is 0. The zero-order chi connectivity index (χ0) is 18.5. The Morgan fingerprint density at radius 1 is 0.926 bits per heavy atom. The van der Waals surface area contributed by atoms with E-state index in [0.717, 1.165) is 54.2 Å². The molecule has 5 rings (SSSR count). The molecule has 1 N–H and O–H groups in total. The number of rotatable bonds is 3. The van der Waals surface area contributed by atoms with Gasteiger partial charge in [-0.2, -0.15) is 0 Å². The highest BCUT2D eigenvalue weighted by Crippen LogP contribution is 2.47. The van der Waals surface area contributed by atoms with Crippen LogP contribution in [-0.2, 0) is 19.3 Å². The molecule has 138 valence electrons. The molecule has 0 amide bonds. The van der Waals surface area contributed by atoms with Gasteiger partial charge in [-0.1, -0.05) is 6.07 Å². The second kappa shape index (κ2) is 6.05. The van der Waals surface area contributed by atoms with E-state index in [1.54, 1.807) is 21.3 Å². The number of anilines is 1. The van der Waals surface area contributed by atoms with Crippen LogP contribution in [0.3, 0.4) is 0 Å². The van der Waals surface area contributed by atoms with Crippen molar-refractivity contribution in [3.63, 3.8) is 0 Å². The van der Waals surface area contributed by atoms with Gasteiger partial charge >= 0.3 is 0 Å². The van der Waals surface area contributed by atoms with Crippen LogP contribution in [0.4, 0.5) is 5.69 Å². The number of aryl methyl sites for hydroxylation is 1. The molecule has 1 aliphatic heterocycles. The second-order valence-corrected chi connectivity index (χ2v) is 7.00. The maximum atomic E-state index is 5.65. The molecule has 5 nitrogen and oxygen atoms in total. The molecule has 1 aliphatic carbocycles. The molecule has 0 saturated heterocycles. The van der Waals surface area contributed by atoms with Crippen LogP contribution >= 0.6 is 0 Å². The van der Waals surface area contributed by atoms with E-state index in [2.05, 4.69) is 17.4 Å². The third kappa shape index (κ3) is 2.27. The Balaban J connectivity index is 1.86. The fourth-order valence-corrected chi connectivity index (χ4v) is 4.49. The Morgan fingerprint density at radius 2 is 1.81 bits per heavy atom. The summed E-state index contributed by atoms with van der Waals surface area (Å²) in [6.07, 6.45) is 3.03. The minimum atomic E-state index is 0.703. The largest absolute Gasteiger partial charge is 0.497 e. The van der Waals surface area contributed by atoms with Gasteiger partial charge in [-0.3, -0.25) is 0 Å². The molecule has 0 bridgehead atoms. The maximum Gasteiger partial charge on any atom is 0.184 e. The summed E-state index contributed by atoms with van der Waals surface area (Å²) in [5, 5.41) is 4.67. The molecule has 2 aliphatic rings. The van der Waals surface area contributed by atoms with E-state index < -0.39 is 0 Å². The molecule has 3 aromatic rings. The zero-order valence-corrected chi connectivity index (χ0v) is 15.8. The molecule has 1 aromatic heterocycles. The summed E-state index contributed by atoms with van der Waals surface area (Å²) in [5.41, 5.74) is 8.29. The third-order valence-corrected chi connectivity index (χ3v) is 5.73. The van der Waals surface area contributed by atoms with Crippen molar-refractivity contribution in [1.29, 1.82) is 0 Å². The van der Waals surface area contributed by atoms with Crippen LogP contribution in [-0.4, -0.2) is 32.9 Å². The molecule has 27 heavy (non-hydrogen) atoms. The smallest absolute Gasteiger partial charge is 0.184 e. The van der Waals surface area contributed by atoms with Gasteiger partial charge in [0.1, 0.15) is 5.75 Å². The van der Waals surface area contributed by atoms with Crippen molar-refractivity contribution in [2.75, 3.05) is 33.2 Å². The first-order chi connectivity index (χ1) is 13.2. The predicted molar refractivity (Wildman–Crippen MR) is 106 cm³/mol. The SMILES string of the molecule is COc1ccc2c(c1)-c1nc3cc(OC)c(OC)c4c3c(c1CC2)CCN4. The van der Waals surface area contributed by atoms with Gasteiger partial charge in [0.25, 0.3) is 0 Å². The van der Waals surface area contributed by atoms with Crippen LogP contribution < -0.4 is 19.5 Å². The summed E-state index contributed by atoms with van der Waals surface area (Å²) in [4.78, 5) is 5.09. The number of nitrogens with one attached hydrogen (secondary N) is 1. The van der Waals surface area contributed by atoms with Crippen molar-refractivity contribution < 1.29 is 14.2 Å². The van der Waals surface area contributed by atoms with Crippen LogP contribution in [0.1, 0.15) is 16.7 Å². The van der Waals surface area contributed by atoms with Crippen molar-refractivity contribution in [3.05, 3.63) is 41.0 Å². The fraction of sp³-hybridized carbons (Fsp3) is 0.318. The normalized spacial score (nSPS) is 14.2. The van der Waals surface area contributed by atoms with Gasteiger partial charge in [-0.25, -0.2) is 4.98 Å². The van der Waals surface area contributed by atoms with Gasteiger partial charge in [-0.05, 0) is 48.1 Å². The Bertz CT molecular complexity index is 1080. The average Bonchev–Trinajstić information content (AvgIpc) is 2.73. The summed E-state index contributed by atoms with van der Waals surface area (Å²) in [5.74, 6) is 2.33. The Hall–Kier alpha value is -2.95. The van der Waals surface area contributed by atoms with Crippen LogP contribution in [0.2, 0.25) is 0 Å². The van der Waals surface area contributed by atoms with Crippen molar-refractivity contribution >= 4 is 16.6 Å². The van der Waals surface area contributed by atoms with E-state index in [0.29, 0.717) is 5.75 Å². The summed E-state index contributed by atoms with van der Waals surface area (Å²) in [6, 6.07) is 8.30. The summed E-state index contributed by atoms with van der Waals surface area (Å²) in [6.45, 7) is 0.882. The zero-order valence-electron chi connectivity index (χ0n) is 15.8. The van der Waals surface area contributed by atoms with Crippen LogP contribution in [0.5, 0.6) is 17.2 Å². The predicted octanol–water partition coefficient (Wildman–Crippen LogP) is 3.99. The van der Waals surface area contributed by atoms with E-state index in [-0.39, 0.29) is 0 Å². The molecular formula is C22H22N2O3. The van der Waals surface area contributed by atoms with Crippen molar-refractivity contribution in [2.45, 2.75) is 19.3 Å². The van der Waals surface area contributed by atoms with Crippen LogP contribution in [0.25, 0.3) is 22.2 Å². The molecule has 0 fully saturated rings. The Kier molecular flexibility index (Phi) is 3.64. The van der Waals surface area contributed by atoms with Gasteiger partial charge in [0.15, 0.2) is 11.5 Å². The lowest BCUT2D eigenvalue weighted by molar-refractivity contribution is 0.357. The quantitative estimate of drug-likeness (QED) is 0.763. The van der Waals surface area contributed by atoms with Crippen molar-refractivity contribution in [1.82, 2.24) is 4.98 Å². The molecule has 0 unspecified atom stereocenters. The van der Waals surface area contributed by atoms with E-state index >= 15 is 0 Å². The second-order valence-electron chi connectivity index (χ2n) is 7.00. The number of hydrogen-bond donors (Lipinski definition) is 1. The van der Waals surface area contributed by atoms with Crippen molar-refractivity contribution in [2.24, 2.45) is 0 Å². The first kappa shape index (κ1) is 16.2. The minimum absolute atomic E-state index is 0.703. The van der Waals surface area contributed by atoms with E-state index in [1.807, 2.05) is 12.1 Å². The molecule has 0 saturated carbocycles. The number of methoxy groups -OCH3 is 3. The minimum Gasteiger partial charge on any atom is -0.497 e.